The Bertz CT molecular complexity index is 471. The average molecular weight is 349 g/mol. The Morgan fingerprint density at radius 1 is 1.37 bits per heavy atom. The van der Waals surface area contributed by atoms with Crippen LogP contribution in [0, 0.1) is 5.92 Å². The molecule has 1 rings (SSSR count). The first kappa shape index (κ1) is 16.0. The van der Waals surface area contributed by atoms with Gasteiger partial charge >= 0.3 is 5.97 Å². The summed E-state index contributed by atoms with van der Waals surface area (Å²) in [6.07, 6.45) is 0.378. The van der Waals surface area contributed by atoms with Gasteiger partial charge in [0.2, 0.25) is 0 Å². The zero-order valence-electron chi connectivity index (χ0n) is 10.6. The molecule has 0 aromatic heterocycles. The van der Waals surface area contributed by atoms with Crippen molar-refractivity contribution in [3.63, 3.8) is 0 Å². The highest BCUT2D eigenvalue weighted by Gasteiger charge is 2.21. The van der Waals surface area contributed by atoms with Crippen LogP contribution < -0.4 is 5.32 Å². The number of nitrogens with one attached hydrogen (secondary N) is 1. The summed E-state index contributed by atoms with van der Waals surface area (Å²) in [6, 6.07) is 3.84. The molecule has 0 saturated carbocycles. The van der Waals surface area contributed by atoms with Crippen LogP contribution in [0.15, 0.2) is 22.7 Å². The number of carbonyl (C=O) groups is 2. The second-order valence-electron chi connectivity index (χ2n) is 4.65. The van der Waals surface area contributed by atoms with Gasteiger partial charge in [0.05, 0.1) is 0 Å². The van der Waals surface area contributed by atoms with Crippen molar-refractivity contribution in [2.75, 3.05) is 0 Å². The Balaban J connectivity index is 2.84. The summed E-state index contributed by atoms with van der Waals surface area (Å²) in [6.45, 7) is 3.80. The predicted octanol–water partition coefficient (Wildman–Crippen LogP) is 3.33. The first-order valence-corrected chi connectivity index (χ1v) is 6.96. The van der Waals surface area contributed by atoms with Gasteiger partial charge in [-0.25, -0.2) is 4.79 Å². The van der Waals surface area contributed by atoms with E-state index >= 15 is 0 Å². The number of aliphatic carboxylic acids is 1. The van der Waals surface area contributed by atoms with E-state index in [0.29, 0.717) is 21.5 Å². The maximum absolute atomic E-state index is 12.0. The van der Waals surface area contributed by atoms with E-state index in [4.69, 9.17) is 16.7 Å². The Kier molecular flexibility index (Phi) is 5.82. The number of amides is 1. The summed E-state index contributed by atoms with van der Waals surface area (Å²) >= 11 is 9.09. The van der Waals surface area contributed by atoms with E-state index in [1.54, 1.807) is 12.1 Å². The molecule has 0 bridgehead atoms. The van der Waals surface area contributed by atoms with E-state index in [1.807, 2.05) is 13.8 Å². The minimum atomic E-state index is -1.04. The molecule has 1 aromatic carbocycles. The molecule has 0 fully saturated rings. The van der Waals surface area contributed by atoms with Crippen LogP contribution in [0.4, 0.5) is 0 Å². The number of hydrogen-bond donors (Lipinski definition) is 2. The number of hydrogen-bond acceptors (Lipinski definition) is 2. The van der Waals surface area contributed by atoms with Crippen LogP contribution in [-0.4, -0.2) is 23.0 Å². The summed E-state index contributed by atoms with van der Waals surface area (Å²) in [7, 11) is 0. The molecule has 0 radical (unpaired) electrons. The van der Waals surface area contributed by atoms with Crippen molar-refractivity contribution in [3.05, 3.63) is 33.3 Å². The summed E-state index contributed by atoms with van der Waals surface area (Å²) in [5.41, 5.74) is 0.328. The molecule has 0 aliphatic rings. The van der Waals surface area contributed by atoms with E-state index in [0.717, 1.165) is 0 Å². The van der Waals surface area contributed by atoms with Crippen molar-refractivity contribution in [2.24, 2.45) is 5.92 Å². The van der Waals surface area contributed by atoms with Gasteiger partial charge in [0, 0.05) is 15.1 Å². The van der Waals surface area contributed by atoms with Gasteiger partial charge in [-0.1, -0.05) is 41.4 Å². The lowest BCUT2D eigenvalue weighted by Gasteiger charge is -2.16. The Labute approximate surface area is 125 Å². The molecular formula is C13H15BrClNO3. The third kappa shape index (κ3) is 5.20. The van der Waals surface area contributed by atoms with Crippen LogP contribution in [-0.2, 0) is 4.79 Å². The van der Waals surface area contributed by atoms with Gasteiger partial charge < -0.3 is 10.4 Å². The van der Waals surface area contributed by atoms with Crippen LogP contribution in [0.3, 0.4) is 0 Å². The predicted molar refractivity (Wildman–Crippen MR) is 77.5 cm³/mol. The maximum atomic E-state index is 12.0. The van der Waals surface area contributed by atoms with E-state index in [-0.39, 0.29) is 5.92 Å². The van der Waals surface area contributed by atoms with E-state index in [2.05, 4.69) is 21.2 Å². The molecule has 2 N–H and O–H groups in total. The van der Waals surface area contributed by atoms with E-state index in [1.165, 1.54) is 6.07 Å². The second-order valence-corrected chi connectivity index (χ2v) is 6.00. The third-order valence-corrected chi connectivity index (χ3v) is 3.11. The number of halogens is 2. The van der Waals surface area contributed by atoms with Crippen LogP contribution in [0.5, 0.6) is 0 Å². The number of rotatable bonds is 5. The van der Waals surface area contributed by atoms with Crippen molar-refractivity contribution < 1.29 is 14.7 Å². The van der Waals surface area contributed by atoms with Crippen LogP contribution in [0.1, 0.15) is 30.6 Å². The van der Waals surface area contributed by atoms with Crippen molar-refractivity contribution in [2.45, 2.75) is 26.3 Å². The maximum Gasteiger partial charge on any atom is 0.326 e. The summed E-state index contributed by atoms with van der Waals surface area (Å²) in [5.74, 6) is -1.31. The molecule has 19 heavy (non-hydrogen) atoms. The largest absolute Gasteiger partial charge is 0.480 e. The Morgan fingerprint density at radius 3 is 2.47 bits per heavy atom. The molecule has 0 aliphatic heterocycles. The molecular weight excluding hydrogens is 334 g/mol. The molecule has 0 spiro atoms. The van der Waals surface area contributed by atoms with Gasteiger partial charge in [-0.05, 0) is 30.5 Å². The number of carboxylic acids is 1. The van der Waals surface area contributed by atoms with E-state index < -0.39 is 17.9 Å². The van der Waals surface area contributed by atoms with Gasteiger partial charge in [-0.15, -0.1) is 0 Å². The Morgan fingerprint density at radius 2 is 2.00 bits per heavy atom. The molecule has 0 aliphatic carbocycles. The summed E-state index contributed by atoms with van der Waals surface area (Å²) < 4.78 is 0.667. The highest BCUT2D eigenvalue weighted by atomic mass is 79.9. The molecule has 1 amide bonds. The van der Waals surface area contributed by atoms with Crippen LogP contribution in [0.2, 0.25) is 5.02 Å². The van der Waals surface area contributed by atoms with Gasteiger partial charge in [0.25, 0.3) is 5.91 Å². The molecule has 0 saturated heterocycles. The lowest BCUT2D eigenvalue weighted by atomic mass is 10.0. The third-order valence-electron chi connectivity index (χ3n) is 2.44. The average Bonchev–Trinajstić information content (AvgIpc) is 2.25. The molecule has 1 aromatic rings. The number of benzene rings is 1. The molecule has 0 heterocycles. The quantitative estimate of drug-likeness (QED) is 0.857. The summed E-state index contributed by atoms with van der Waals surface area (Å²) in [4.78, 5) is 23.1. The topological polar surface area (TPSA) is 66.4 Å². The SMILES string of the molecule is CC(C)C[C@@H](NC(=O)c1cc(Cl)cc(Br)c1)C(=O)O. The number of carboxylic acid groups (broad SMARTS) is 1. The van der Waals surface area contributed by atoms with Crippen molar-refractivity contribution in [3.8, 4) is 0 Å². The minimum absolute atomic E-state index is 0.174. The summed E-state index contributed by atoms with van der Waals surface area (Å²) in [5, 5.41) is 12.0. The standard InChI is InChI=1S/C13H15BrClNO3/c1-7(2)3-11(13(18)19)16-12(17)8-4-9(14)6-10(15)5-8/h4-7,11H,3H2,1-2H3,(H,16,17)(H,18,19)/t11-/m1/s1. The van der Waals surface area contributed by atoms with Crippen LogP contribution >= 0.6 is 27.5 Å². The fourth-order valence-corrected chi connectivity index (χ4v) is 2.48. The first-order valence-electron chi connectivity index (χ1n) is 5.79. The van der Waals surface area contributed by atoms with Crippen LogP contribution in [0.25, 0.3) is 0 Å². The fourth-order valence-electron chi connectivity index (χ4n) is 1.62. The normalized spacial score (nSPS) is 12.3. The smallest absolute Gasteiger partial charge is 0.326 e. The first-order chi connectivity index (χ1) is 8.79. The number of carbonyl (C=O) groups excluding carboxylic acids is 1. The molecule has 104 valence electrons. The van der Waals surface area contributed by atoms with E-state index in [9.17, 15) is 9.59 Å². The van der Waals surface area contributed by atoms with Crippen molar-refractivity contribution in [1.82, 2.24) is 5.32 Å². The van der Waals surface area contributed by atoms with Crippen molar-refractivity contribution in [1.29, 1.82) is 0 Å². The second kappa shape index (κ2) is 6.91. The molecule has 0 unspecified atom stereocenters. The lowest BCUT2D eigenvalue weighted by molar-refractivity contribution is -0.139. The molecule has 1 atom stereocenters. The van der Waals surface area contributed by atoms with Gasteiger partial charge in [0.15, 0.2) is 0 Å². The zero-order chi connectivity index (χ0) is 14.6. The van der Waals surface area contributed by atoms with Crippen molar-refractivity contribution >= 4 is 39.4 Å². The lowest BCUT2D eigenvalue weighted by Crippen LogP contribution is -2.41. The van der Waals surface area contributed by atoms with Gasteiger partial charge in [0.1, 0.15) is 6.04 Å². The zero-order valence-corrected chi connectivity index (χ0v) is 13.0. The van der Waals surface area contributed by atoms with Gasteiger partial charge in [-0.2, -0.15) is 0 Å². The minimum Gasteiger partial charge on any atom is -0.480 e. The molecule has 4 nitrogen and oxygen atoms in total. The monoisotopic (exact) mass is 347 g/mol. The fraction of sp³-hybridized carbons (Fsp3) is 0.385. The highest BCUT2D eigenvalue weighted by molar-refractivity contribution is 9.10. The van der Waals surface area contributed by atoms with Gasteiger partial charge in [-0.3, -0.25) is 4.79 Å². The molecule has 6 heteroatoms. The Hall–Kier alpha value is -1.07. The highest BCUT2D eigenvalue weighted by Crippen LogP contribution is 2.19.